The van der Waals surface area contributed by atoms with Crippen molar-refractivity contribution in [1.29, 1.82) is 0 Å². The molecule has 0 radical (unpaired) electrons. The molecule has 4 heteroatoms. The number of hydrogen-bond acceptors (Lipinski definition) is 2. The highest BCUT2D eigenvalue weighted by Crippen LogP contribution is 2.32. The summed E-state index contributed by atoms with van der Waals surface area (Å²) in [4.78, 5) is 0. The lowest BCUT2D eigenvalue weighted by molar-refractivity contribution is -0.0585. The summed E-state index contributed by atoms with van der Waals surface area (Å²) in [5.74, 6) is 0. The maximum absolute atomic E-state index is 6.02. The lowest BCUT2D eigenvalue weighted by Crippen LogP contribution is -2.42. The summed E-state index contributed by atoms with van der Waals surface area (Å²) in [6.45, 7) is 2.00. The van der Waals surface area contributed by atoms with E-state index in [1.54, 1.807) is 0 Å². The van der Waals surface area contributed by atoms with E-state index in [-0.39, 0.29) is 10.4 Å². The molecule has 2 fully saturated rings. The summed E-state index contributed by atoms with van der Waals surface area (Å²) in [6.07, 6.45) is 10.4. The monoisotopic (exact) mass is 258 g/mol. The third kappa shape index (κ3) is 3.42. The molecule has 0 aromatic heterocycles. The fourth-order valence-electron chi connectivity index (χ4n) is 2.91. The molecule has 2 aliphatic rings. The normalized spacial score (nSPS) is 41.2. The topological polar surface area (TPSA) is 18.5 Å². The van der Waals surface area contributed by atoms with Gasteiger partial charge in [0.1, 0.15) is 0 Å². The molecule has 0 aromatic rings. The van der Waals surface area contributed by atoms with Gasteiger partial charge in [0.15, 0.2) is 0 Å². The molecule has 0 saturated carbocycles. The van der Waals surface area contributed by atoms with Crippen molar-refractivity contribution in [2.45, 2.75) is 61.8 Å². The van der Waals surface area contributed by atoms with Crippen molar-refractivity contribution in [2.24, 2.45) is 0 Å². The average molecular weight is 259 g/mol. The van der Waals surface area contributed by atoms with Gasteiger partial charge in [0.2, 0.25) is 0 Å². The van der Waals surface area contributed by atoms with Crippen LogP contribution in [0.5, 0.6) is 0 Å². The van der Waals surface area contributed by atoms with Gasteiger partial charge in [0.25, 0.3) is 0 Å². The van der Waals surface area contributed by atoms with Crippen molar-refractivity contribution >= 4 is 20.5 Å². The molecule has 0 spiro atoms. The van der Waals surface area contributed by atoms with Crippen LogP contribution in [0.4, 0.5) is 0 Å². The molecule has 2 aliphatic heterocycles. The predicted octanol–water partition coefficient (Wildman–Crippen LogP) is 0.291. The van der Waals surface area contributed by atoms with E-state index >= 15 is 0 Å². The van der Waals surface area contributed by atoms with Crippen LogP contribution in [0.15, 0.2) is 0 Å². The Labute approximate surface area is 105 Å². The van der Waals surface area contributed by atoms with E-state index in [1.807, 2.05) is 0 Å². The Morgan fingerprint density at radius 3 is 1.50 bits per heavy atom. The zero-order valence-electron chi connectivity index (χ0n) is 10.9. The first-order chi connectivity index (χ1) is 7.62. The second-order valence-corrected chi connectivity index (χ2v) is 9.66. The third-order valence-corrected chi connectivity index (χ3v) is 6.86. The van der Waals surface area contributed by atoms with E-state index < -0.39 is 0 Å². The minimum atomic E-state index is 0.288. The first kappa shape index (κ1) is 12.8. The summed E-state index contributed by atoms with van der Waals surface area (Å²) < 4.78 is 12.0. The smallest absolute Gasteiger partial charge is 0.0487 e. The third-order valence-electron chi connectivity index (χ3n) is 4.28. The van der Waals surface area contributed by atoms with Gasteiger partial charge in [-0.15, -0.1) is 0 Å². The van der Waals surface area contributed by atoms with Crippen molar-refractivity contribution in [1.82, 2.24) is 0 Å². The predicted molar refractivity (Wildman–Crippen MR) is 74.2 cm³/mol. The van der Waals surface area contributed by atoms with Crippen LogP contribution in [0.25, 0.3) is 0 Å². The molecule has 2 rings (SSSR count). The Hall–Kier alpha value is 0.354. The largest absolute Gasteiger partial charge is 0.380 e. The molecule has 2 unspecified atom stereocenters. The fourth-order valence-corrected chi connectivity index (χ4v) is 4.52. The van der Waals surface area contributed by atoms with Crippen molar-refractivity contribution in [3.8, 4) is 0 Å². The van der Waals surface area contributed by atoms with Gasteiger partial charge in [0.05, 0.1) is 0 Å². The lowest BCUT2D eigenvalue weighted by Gasteiger charge is -2.39. The van der Waals surface area contributed by atoms with Gasteiger partial charge >= 0.3 is 0 Å². The van der Waals surface area contributed by atoms with Crippen LogP contribution in [-0.4, -0.2) is 44.1 Å². The zero-order valence-corrected chi connectivity index (χ0v) is 14.9. The average Bonchev–Trinajstić information content (AvgIpc) is 2.29. The van der Waals surface area contributed by atoms with Crippen LogP contribution in [-0.2, 0) is 9.47 Å². The SMILES string of the molecule is [SiH3]C1(CCC2([SiH3])CCCCO2)CCCCO1. The van der Waals surface area contributed by atoms with Gasteiger partial charge in [-0.3, -0.25) is 0 Å². The highest BCUT2D eigenvalue weighted by molar-refractivity contribution is 6.15. The summed E-state index contributed by atoms with van der Waals surface area (Å²) >= 11 is 0. The van der Waals surface area contributed by atoms with Crippen LogP contribution in [0, 0.1) is 0 Å². The van der Waals surface area contributed by atoms with Gasteiger partial charge in [-0.05, 0) is 51.4 Å². The molecule has 2 nitrogen and oxygen atoms in total. The maximum atomic E-state index is 6.02. The summed E-state index contributed by atoms with van der Waals surface area (Å²) in [6, 6.07) is 0. The standard InChI is InChI=1S/C12H26O2Si2/c15-11(5-1-3-9-13-11)7-8-12(16)6-2-4-10-14-12/h1-10H2,15-16H3. The summed E-state index contributed by atoms with van der Waals surface area (Å²) in [7, 11) is 2.37. The molecule has 2 atom stereocenters. The van der Waals surface area contributed by atoms with Crippen LogP contribution in [0.3, 0.4) is 0 Å². The van der Waals surface area contributed by atoms with E-state index in [2.05, 4.69) is 0 Å². The summed E-state index contributed by atoms with van der Waals surface area (Å²) in [5.41, 5.74) is 0. The molecule has 0 aromatic carbocycles. The van der Waals surface area contributed by atoms with Crippen LogP contribution >= 0.6 is 0 Å². The van der Waals surface area contributed by atoms with Gasteiger partial charge in [-0.25, -0.2) is 0 Å². The van der Waals surface area contributed by atoms with Crippen molar-refractivity contribution in [3.63, 3.8) is 0 Å². The Morgan fingerprint density at radius 1 is 0.750 bits per heavy atom. The quantitative estimate of drug-likeness (QED) is 0.678. The van der Waals surface area contributed by atoms with Gasteiger partial charge < -0.3 is 9.47 Å². The minimum absolute atomic E-state index is 0.288. The second-order valence-electron chi connectivity index (χ2n) is 6.01. The Balaban J connectivity index is 1.80. The molecule has 0 bridgehead atoms. The fraction of sp³-hybridized carbons (Fsp3) is 1.00. The molecule has 16 heavy (non-hydrogen) atoms. The maximum Gasteiger partial charge on any atom is 0.0487 e. The Bertz CT molecular complexity index is 197. The van der Waals surface area contributed by atoms with Gasteiger partial charge in [0, 0.05) is 44.1 Å². The zero-order chi connectivity index (χ0) is 11.5. The van der Waals surface area contributed by atoms with E-state index in [0.29, 0.717) is 0 Å². The molecule has 2 saturated heterocycles. The summed E-state index contributed by atoms with van der Waals surface area (Å²) in [5, 5.41) is 0.576. The van der Waals surface area contributed by atoms with Gasteiger partial charge in [-0.1, -0.05) is 0 Å². The van der Waals surface area contributed by atoms with Crippen molar-refractivity contribution < 1.29 is 9.47 Å². The Kier molecular flexibility index (Phi) is 4.27. The van der Waals surface area contributed by atoms with Crippen LogP contribution in [0.1, 0.15) is 51.4 Å². The second kappa shape index (κ2) is 5.33. The molecule has 0 amide bonds. The van der Waals surface area contributed by atoms with E-state index in [4.69, 9.17) is 9.47 Å². The van der Waals surface area contributed by atoms with Gasteiger partial charge in [-0.2, -0.15) is 0 Å². The first-order valence-corrected chi connectivity index (χ1v) is 8.90. The van der Waals surface area contributed by atoms with E-state index in [1.165, 1.54) is 71.9 Å². The van der Waals surface area contributed by atoms with Crippen LogP contribution in [0.2, 0.25) is 0 Å². The number of ether oxygens (including phenoxy) is 2. The first-order valence-electron chi connectivity index (χ1n) is 6.90. The molecule has 94 valence electrons. The number of hydrogen-bond donors (Lipinski definition) is 0. The highest BCUT2D eigenvalue weighted by atomic mass is 28.1. The Morgan fingerprint density at radius 2 is 1.19 bits per heavy atom. The number of rotatable bonds is 3. The van der Waals surface area contributed by atoms with Crippen LogP contribution < -0.4 is 0 Å². The van der Waals surface area contributed by atoms with E-state index in [0.717, 1.165) is 13.2 Å². The minimum Gasteiger partial charge on any atom is -0.380 e. The highest BCUT2D eigenvalue weighted by Gasteiger charge is 2.33. The molecule has 0 aliphatic carbocycles. The molecule has 0 N–H and O–H groups in total. The lowest BCUT2D eigenvalue weighted by atomic mass is 9.97. The van der Waals surface area contributed by atoms with Crippen molar-refractivity contribution in [3.05, 3.63) is 0 Å². The molecular formula is C12H26O2Si2. The molecular weight excluding hydrogens is 232 g/mol. The molecule has 2 heterocycles. The van der Waals surface area contributed by atoms with Crippen molar-refractivity contribution in [2.75, 3.05) is 13.2 Å². The van der Waals surface area contributed by atoms with E-state index in [9.17, 15) is 0 Å².